The van der Waals surface area contributed by atoms with Crippen molar-refractivity contribution in [3.63, 3.8) is 0 Å². The summed E-state index contributed by atoms with van der Waals surface area (Å²) in [4.78, 5) is 67.2. The number of carbonyl (C=O) groups excluding carboxylic acids is 5. The zero-order valence-corrected chi connectivity index (χ0v) is 72.3. The van der Waals surface area contributed by atoms with Gasteiger partial charge >= 0.3 is 103 Å². The molecule has 13 nitrogen and oxygen atoms in total. The van der Waals surface area contributed by atoms with Crippen LogP contribution in [0.25, 0.3) is 0 Å². The van der Waals surface area contributed by atoms with Gasteiger partial charge < -0.3 is 40.4 Å². The molecular formula is C95H88F2K2O13P2. The predicted octanol–water partition coefficient (Wildman–Crippen LogP) is 11.0. The number of aryl methyl sites for hydroxylation is 1. The quantitative estimate of drug-likeness (QED) is 0.0205. The van der Waals surface area contributed by atoms with Crippen molar-refractivity contribution in [2.75, 3.05) is 7.11 Å². The molecule has 572 valence electrons. The second-order valence-electron chi connectivity index (χ2n) is 33.7. The zero-order chi connectivity index (χ0) is 77.6. The van der Waals surface area contributed by atoms with Crippen molar-refractivity contribution in [1.82, 2.24) is 0 Å². The van der Waals surface area contributed by atoms with Crippen LogP contribution in [0.15, 0.2) is 255 Å². The van der Waals surface area contributed by atoms with Gasteiger partial charge in [-0.15, -0.1) is 0 Å². The Kier molecular flexibility index (Phi) is 23.6. The number of phenolic OH excluding ortho intramolecular Hbond substituents is 2. The van der Waals surface area contributed by atoms with Crippen molar-refractivity contribution in [2.45, 2.75) is 84.0 Å². The summed E-state index contributed by atoms with van der Waals surface area (Å²) in [6.07, 6.45) is 11.7. The van der Waals surface area contributed by atoms with Gasteiger partial charge in [0, 0.05) is 75.7 Å². The molecule has 0 aliphatic heterocycles. The number of ketones is 4. The average molecular weight is 1620 g/mol. The predicted molar refractivity (Wildman–Crippen MR) is 425 cm³/mol. The van der Waals surface area contributed by atoms with E-state index in [1.54, 1.807) is 79.9 Å². The van der Waals surface area contributed by atoms with Gasteiger partial charge in [0.25, 0.3) is 6.47 Å². The minimum Gasteiger partial charge on any atom is -1.00 e. The molecule has 0 amide bonds. The van der Waals surface area contributed by atoms with E-state index in [1.165, 1.54) is 48.5 Å². The third-order valence-corrected chi connectivity index (χ3v) is 34.4. The number of benzene rings is 10. The van der Waals surface area contributed by atoms with E-state index in [0.29, 0.717) is 110 Å². The van der Waals surface area contributed by atoms with Crippen molar-refractivity contribution in [3.05, 3.63) is 294 Å². The Balaban J connectivity index is 0.000000152. The molecule has 2 N–H and O–H groups in total. The Morgan fingerprint density at radius 3 is 0.816 bits per heavy atom. The van der Waals surface area contributed by atoms with E-state index in [4.69, 9.17) is 19.5 Å². The van der Waals surface area contributed by atoms with Crippen LogP contribution in [0.1, 0.15) is 125 Å². The maximum Gasteiger partial charge on any atom is 1.00 e. The Morgan fingerprint density at radius 2 is 0.570 bits per heavy atom. The molecule has 1 unspecified atom stereocenters. The molecule has 10 aromatic rings. The van der Waals surface area contributed by atoms with Crippen LogP contribution in [0.5, 0.6) is 28.7 Å². The number of rotatable bonds is 18. The fourth-order valence-electron chi connectivity index (χ4n) is 23.9. The van der Waals surface area contributed by atoms with Gasteiger partial charge in [0.2, 0.25) is 0 Å². The Morgan fingerprint density at radius 1 is 0.360 bits per heavy atom. The molecule has 0 radical (unpaired) electrons. The molecule has 14 aliphatic carbocycles. The van der Waals surface area contributed by atoms with Crippen LogP contribution in [0.3, 0.4) is 0 Å². The van der Waals surface area contributed by atoms with Crippen LogP contribution in [-0.2, 0) is 18.8 Å². The normalized spacial score (nSPS) is 28.9. The molecule has 14 fully saturated rings. The molecule has 114 heavy (non-hydrogen) atoms. The van der Waals surface area contributed by atoms with Crippen LogP contribution in [0, 0.1) is 111 Å². The minimum atomic E-state index is -3.15. The molecule has 14 aliphatic rings. The molecule has 0 saturated heterocycles. The van der Waals surface area contributed by atoms with Crippen LogP contribution < -0.4 is 149 Å². The molecule has 0 aromatic heterocycles. The third-order valence-electron chi connectivity index (χ3n) is 28.3. The molecule has 0 heterocycles. The second-order valence-corrected chi connectivity index (χ2v) is 39.2. The van der Waals surface area contributed by atoms with Crippen LogP contribution in [-0.4, -0.2) is 46.9 Å². The Labute approximate surface area is 749 Å². The zero-order valence-electron chi connectivity index (χ0n) is 65.3. The van der Waals surface area contributed by atoms with Gasteiger partial charge in [-0.25, -0.2) is 8.78 Å². The van der Waals surface area contributed by atoms with E-state index in [-0.39, 0.29) is 167 Å². The van der Waals surface area contributed by atoms with Crippen molar-refractivity contribution in [1.29, 1.82) is 0 Å². The molecule has 14 saturated carbocycles. The number of carbonyl (C=O) groups is 5. The van der Waals surface area contributed by atoms with Crippen LogP contribution >= 0.6 is 14.3 Å². The Bertz CT molecular complexity index is 5070. The van der Waals surface area contributed by atoms with Gasteiger partial charge in [0.05, 0.1) is 7.11 Å². The second kappa shape index (κ2) is 32.8. The number of halogens is 2. The van der Waals surface area contributed by atoms with E-state index in [0.717, 1.165) is 127 Å². The van der Waals surface area contributed by atoms with Gasteiger partial charge in [-0.2, -0.15) is 0 Å². The van der Waals surface area contributed by atoms with Crippen LogP contribution in [0.2, 0.25) is 0 Å². The summed E-state index contributed by atoms with van der Waals surface area (Å²) in [5.41, 5.74) is 3.18. The summed E-state index contributed by atoms with van der Waals surface area (Å²) >= 11 is 0. The van der Waals surface area contributed by atoms with Gasteiger partial charge in [0.1, 0.15) is 40.4 Å². The van der Waals surface area contributed by atoms with Crippen molar-refractivity contribution < 1.29 is 176 Å². The molecule has 16 bridgehead atoms. The standard InChI is InChI=1S/C48H45O5P.C28H28O4.C18H13F2OP.CH2O3.2K.H/c1-30-8-20-37(21-9-30)54(51,36-6-4-3-5-7-36)38-22-18-35(19-23-38)53-34-16-12-32(13-17-34)46(50)48-27-42-39-24-47(45(49)31-10-14-33(52-2)15-11-31)25-40(42)44(29-48)41(26-47)43(39)28-48;29-17-5-1-15(2-6-17)25(31)27-9-19-22-12-28(26(32)16-3-7-18(30)8-4-16)13-23(19)21(11-27)24(14-28)20(22)10-27;19-14-6-10-17(11-7-14)22(21,16-4-2-1-3-5-16)18-12-8-15(20)9-13-18;2-1-4-3;;;/h3-23,39-44H,24-29H2,1-2H3;1-8,19-24,29-30H,9-14H2;1-13H;1,3H;;;/q;;;;2*+1;-1/p-1. The average Bonchev–Trinajstić information content (AvgIpc) is 0.671. The fraction of sp³-hybridized carbons (Fsp3) is 0.316. The topological polar surface area (TPSA) is 211 Å². The number of hydrogen-bond acceptors (Lipinski definition) is 13. The van der Waals surface area contributed by atoms with Gasteiger partial charge in [0.15, 0.2) is 37.4 Å². The first-order valence-electron chi connectivity index (χ1n) is 39.0. The molecular weight excluding hydrogens is 1530 g/mol. The van der Waals surface area contributed by atoms with E-state index >= 15 is 0 Å². The third kappa shape index (κ3) is 14.5. The first kappa shape index (κ1) is 82.2. The molecule has 24 rings (SSSR count). The fourth-order valence-corrected chi connectivity index (χ4v) is 29.2. The van der Waals surface area contributed by atoms with Gasteiger partial charge in [-0.3, -0.25) is 24.0 Å². The molecule has 19 heteroatoms. The summed E-state index contributed by atoms with van der Waals surface area (Å²) in [5, 5.41) is 31.7. The number of aromatic hydroxyl groups is 2. The number of Topliss-reactive ketones (excluding diaryl/α,β-unsaturated/α-hetero) is 4. The molecule has 0 spiro atoms. The molecule has 10 aromatic carbocycles. The maximum atomic E-state index is 14.8. The summed E-state index contributed by atoms with van der Waals surface area (Å²) in [5.74, 6) is 9.67. The summed E-state index contributed by atoms with van der Waals surface area (Å²) in [6, 6.07) is 74.4. The van der Waals surface area contributed by atoms with E-state index in [1.807, 2.05) is 140 Å². The number of ether oxygens (including phenoxy) is 2. The first-order valence-corrected chi connectivity index (χ1v) is 42.5. The molecule has 1 atom stereocenters. The van der Waals surface area contributed by atoms with Crippen molar-refractivity contribution in [3.8, 4) is 28.7 Å². The van der Waals surface area contributed by atoms with Crippen LogP contribution in [0.4, 0.5) is 8.78 Å². The first-order chi connectivity index (χ1) is 54.1. The SMILES string of the molecule is COc1ccc(C(=O)C23CC4C5CC6(C(=O)c7ccc(Oc8ccc(P(=O)(c9ccccc9)c9ccc(C)cc9)cc8)cc7)CC4C(C2)C(C6)C5C3)cc1.O=C(c1ccc(O)cc1)C12CC3C4CC5(C(=O)c6ccc(O)cc6)CC3C(C1)C(C5)C4C2.O=CO[O-].O=P(c1ccccc1)(c1ccc(F)cc1)c1ccc(F)cc1.[H-].[K+].[K+]. The summed E-state index contributed by atoms with van der Waals surface area (Å²) < 4.78 is 66.6. The minimum absolute atomic E-state index is 0. The largest absolute Gasteiger partial charge is 1.00 e. The van der Waals surface area contributed by atoms with Crippen molar-refractivity contribution >= 4 is 75.7 Å². The smallest absolute Gasteiger partial charge is 1.00 e. The number of methoxy groups -OCH3 is 1. The van der Waals surface area contributed by atoms with Gasteiger partial charge in [-0.1, -0.05) is 90.5 Å². The Hall–Kier alpha value is -6.90. The van der Waals surface area contributed by atoms with Crippen molar-refractivity contribution in [2.24, 2.45) is 92.7 Å². The maximum absolute atomic E-state index is 14.8. The van der Waals surface area contributed by atoms with E-state index in [2.05, 4.69) is 4.89 Å². The number of hydrogen-bond donors (Lipinski definition) is 2. The van der Waals surface area contributed by atoms with E-state index < -0.39 is 14.3 Å². The number of phenols is 2. The monoisotopic (exact) mass is 1610 g/mol. The van der Waals surface area contributed by atoms with E-state index in [9.17, 15) is 47.3 Å². The summed E-state index contributed by atoms with van der Waals surface area (Å²) in [7, 11) is -4.58. The summed E-state index contributed by atoms with van der Waals surface area (Å²) in [6.45, 7) is 1.85. The van der Waals surface area contributed by atoms with Gasteiger partial charge in [-0.05, 0) is 325 Å².